The normalized spacial score (nSPS) is 19.1. The molecule has 1 heterocycles. The fourth-order valence-electron chi connectivity index (χ4n) is 4.07. The molecule has 1 aliphatic heterocycles. The maximum absolute atomic E-state index is 12.3. The summed E-state index contributed by atoms with van der Waals surface area (Å²) in [6.45, 7) is 12.6. The molecule has 0 fully saturated rings. The molecule has 0 aliphatic carbocycles. The smallest absolute Gasteiger partial charge is 0.264 e. The minimum Gasteiger partial charge on any atom is -0.327 e. The van der Waals surface area contributed by atoms with E-state index in [0.29, 0.717) is 17.8 Å². The fraction of sp³-hybridized carbons (Fsp3) is 0.808. The van der Waals surface area contributed by atoms with Crippen LogP contribution in [0, 0.1) is 5.41 Å². The number of carbonyl (C=O) groups excluding carboxylic acids is 1. The van der Waals surface area contributed by atoms with Gasteiger partial charge >= 0.3 is 0 Å². The van der Waals surface area contributed by atoms with Gasteiger partial charge in [-0.2, -0.15) is 0 Å². The van der Waals surface area contributed by atoms with Gasteiger partial charge in [0.05, 0.1) is 25.2 Å². The van der Waals surface area contributed by atoms with E-state index in [2.05, 4.69) is 65.0 Å². The highest BCUT2D eigenvalue weighted by atomic mass is 32.1. The highest BCUT2D eigenvalue weighted by molar-refractivity contribution is 7.79. The van der Waals surface area contributed by atoms with E-state index >= 15 is 0 Å². The van der Waals surface area contributed by atoms with Gasteiger partial charge in [-0.1, -0.05) is 97.9 Å². The lowest BCUT2D eigenvalue weighted by Gasteiger charge is -2.43. The Morgan fingerprint density at radius 3 is 2.24 bits per heavy atom. The van der Waals surface area contributed by atoms with Crippen LogP contribution in [0.15, 0.2) is 16.0 Å². The zero-order valence-corrected chi connectivity index (χ0v) is 23.4. The molecule has 33 heavy (non-hydrogen) atoms. The molecule has 2 atom stereocenters. The van der Waals surface area contributed by atoms with Gasteiger partial charge < -0.3 is 14.7 Å². The Morgan fingerprint density at radius 1 is 1.09 bits per heavy atom. The minimum atomic E-state index is 0.134. The van der Waals surface area contributed by atoms with Crippen LogP contribution in [0.5, 0.6) is 0 Å². The molecule has 2 unspecified atom stereocenters. The molecule has 1 aliphatic rings. The summed E-state index contributed by atoms with van der Waals surface area (Å²) >= 11 is 4.11. The number of rotatable bonds is 16. The quantitative estimate of drug-likeness (QED) is 0.0795. The topological polar surface area (TPSA) is 53.3 Å². The third-order valence-corrected chi connectivity index (χ3v) is 6.70. The number of hydrogen-bond acceptors (Lipinski definition) is 4. The lowest BCUT2D eigenvalue weighted by atomic mass is 9.48. The van der Waals surface area contributed by atoms with E-state index in [1.165, 1.54) is 44.9 Å². The lowest BCUT2D eigenvalue weighted by molar-refractivity contribution is -0.916. The van der Waals surface area contributed by atoms with E-state index in [9.17, 15) is 4.79 Å². The van der Waals surface area contributed by atoms with Gasteiger partial charge in [-0.3, -0.25) is 0 Å². The van der Waals surface area contributed by atoms with Gasteiger partial charge in [0.1, 0.15) is 12.3 Å². The van der Waals surface area contributed by atoms with Crippen LogP contribution in [-0.2, 0) is 0 Å². The molecule has 4 nitrogen and oxygen atoms in total. The van der Waals surface area contributed by atoms with Crippen LogP contribution in [-0.4, -0.2) is 62.1 Å². The average molecular weight is 474 g/mol. The van der Waals surface area contributed by atoms with Crippen molar-refractivity contribution in [2.75, 3.05) is 20.1 Å². The Kier molecular flexibility index (Phi) is 19.0. The second-order valence-electron chi connectivity index (χ2n) is 9.63. The number of nitrogens with zero attached hydrogens (tertiary/aromatic N) is 2. The maximum Gasteiger partial charge on any atom is 0.264 e. The molecule has 0 aromatic heterocycles. The Bertz CT molecular complexity index is 621. The molecule has 0 saturated heterocycles. The zero-order valence-electron chi connectivity index (χ0n) is 22.5. The van der Waals surface area contributed by atoms with Crippen LogP contribution in [0.2, 0.25) is 6.32 Å². The third-order valence-electron chi connectivity index (χ3n) is 6.50. The van der Waals surface area contributed by atoms with Crippen molar-refractivity contribution in [3.63, 3.8) is 0 Å². The van der Waals surface area contributed by atoms with Crippen LogP contribution in [0.3, 0.4) is 0 Å². The number of nitrogens with one attached hydrogen (secondary N) is 1. The van der Waals surface area contributed by atoms with Crippen molar-refractivity contribution < 1.29 is 9.28 Å². The summed E-state index contributed by atoms with van der Waals surface area (Å²) in [6, 6.07) is 0. The Labute approximate surface area is 212 Å². The predicted molar refractivity (Wildman–Crippen MR) is 153 cm³/mol. The number of hydrogen-bond donors (Lipinski definition) is 2. The summed E-state index contributed by atoms with van der Waals surface area (Å²) in [7, 11) is 5.89. The second kappa shape index (κ2) is 19.5. The first-order valence-electron chi connectivity index (χ1n) is 13.3. The van der Waals surface area contributed by atoms with Gasteiger partial charge in [-0.05, 0) is 26.2 Å². The number of carbonyl (C=O) groups is 1. The van der Waals surface area contributed by atoms with Crippen LogP contribution in [0.1, 0.15) is 105 Å². The molecule has 186 valence electrons. The summed E-state index contributed by atoms with van der Waals surface area (Å²) < 4.78 is 4.87. The molecule has 0 aromatic rings. The standard InChI is InChI=1S/C19H33B2N3OS.C7H16/c1-5-7-8-12-20-19(25)21-15(3)24(4)13-9-11-16(14-24)18(23-26)17(22)10-6-2;1-3-5-7-6-4-2/h11,15H,5-10,12-14H2,1-4H3,(H-,22,26);3-7H2,1-2H3/p+1. The fourth-order valence-corrected chi connectivity index (χ4v) is 4.32. The summed E-state index contributed by atoms with van der Waals surface area (Å²) in [5.74, 6) is 0.134. The van der Waals surface area contributed by atoms with Crippen molar-refractivity contribution in [3.8, 4) is 0 Å². The van der Waals surface area contributed by atoms with Crippen molar-refractivity contribution in [2.45, 2.75) is 118 Å². The Balaban J connectivity index is 0.00000126. The van der Waals surface area contributed by atoms with Crippen molar-refractivity contribution in [1.82, 2.24) is 0 Å². The van der Waals surface area contributed by atoms with Gasteiger partial charge in [0, 0.05) is 17.6 Å². The van der Waals surface area contributed by atoms with Gasteiger partial charge in [-0.15, -0.1) is 0 Å². The third kappa shape index (κ3) is 13.6. The first-order chi connectivity index (χ1) is 15.8. The van der Waals surface area contributed by atoms with Crippen LogP contribution >= 0.6 is 12.8 Å². The molecule has 7 heteroatoms. The number of likely N-dealkylation sites (N-methyl/N-ethyl adjacent to an activating group) is 1. The molecule has 2 radical (unpaired) electrons. The SMILES string of the molecule is CCCCCCC.CCCCC[B]C(=O)[B]C(C)[N+]1(C)CCC=C(/C(=N/S)C(=N)CCC)C1. The Morgan fingerprint density at radius 2 is 1.70 bits per heavy atom. The molecule has 0 saturated carbocycles. The maximum atomic E-state index is 12.3. The molecular weight excluding hydrogens is 424 g/mol. The summed E-state index contributed by atoms with van der Waals surface area (Å²) in [4.78, 5) is 12.3. The molecule has 0 bridgehead atoms. The molecule has 1 rings (SSSR count). The number of unbranched alkanes of at least 4 members (excludes halogenated alkanes) is 6. The second-order valence-corrected chi connectivity index (χ2v) is 9.83. The van der Waals surface area contributed by atoms with E-state index in [1.807, 2.05) is 14.6 Å². The van der Waals surface area contributed by atoms with E-state index < -0.39 is 0 Å². The van der Waals surface area contributed by atoms with Gasteiger partial charge in [0.25, 0.3) is 7.28 Å². The largest absolute Gasteiger partial charge is 0.327 e. The van der Waals surface area contributed by atoms with Gasteiger partial charge in [-0.25, -0.2) is 4.40 Å². The van der Waals surface area contributed by atoms with Crippen LogP contribution in [0.4, 0.5) is 4.79 Å². The van der Waals surface area contributed by atoms with E-state index in [0.717, 1.165) is 48.7 Å². The Hall–Kier alpha value is -0.810. The summed E-state index contributed by atoms with van der Waals surface area (Å²) in [5.41, 5.74) is 2.50. The van der Waals surface area contributed by atoms with Crippen molar-refractivity contribution >= 4 is 44.4 Å². The predicted octanol–water partition coefficient (Wildman–Crippen LogP) is 7.33. The van der Waals surface area contributed by atoms with Crippen LogP contribution < -0.4 is 0 Å². The number of quaternary nitrogens is 1. The van der Waals surface area contributed by atoms with Crippen molar-refractivity contribution in [2.24, 2.45) is 4.40 Å². The lowest BCUT2D eigenvalue weighted by Crippen LogP contribution is -2.58. The first-order valence-corrected chi connectivity index (χ1v) is 13.7. The molecule has 0 amide bonds. The average Bonchev–Trinajstić information content (AvgIpc) is 2.78. The van der Waals surface area contributed by atoms with Gasteiger partial charge in [0.2, 0.25) is 0 Å². The van der Waals surface area contributed by atoms with Crippen LogP contribution in [0.25, 0.3) is 0 Å². The highest BCUT2D eigenvalue weighted by Crippen LogP contribution is 2.22. The summed E-state index contributed by atoms with van der Waals surface area (Å²) in [5, 5.41) is 8.25. The molecular formula is C26H50B2N3OS+. The van der Waals surface area contributed by atoms with E-state index in [1.54, 1.807) is 0 Å². The molecule has 1 N–H and O–H groups in total. The van der Waals surface area contributed by atoms with Crippen molar-refractivity contribution in [1.29, 1.82) is 5.41 Å². The first kappa shape index (κ1) is 32.2. The summed E-state index contributed by atoms with van der Waals surface area (Å²) in [6.07, 6.45) is 16.1. The monoisotopic (exact) mass is 474 g/mol. The minimum absolute atomic E-state index is 0.134. The molecule has 0 aromatic carbocycles. The van der Waals surface area contributed by atoms with E-state index in [4.69, 9.17) is 5.41 Å². The van der Waals surface area contributed by atoms with Gasteiger partial charge in [0.15, 0.2) is 7.28 Å². The highest BCUT2D eigenvalue weighted by Gasteiger charge is 2.35. The van der Waals surface area contributed by atoms with E-state index in [-0.39, 0.29) is 11.5 Å². The number of thiol groups is 1. The molecule has 0 spiro atoms. The van der Waals surface area contributed by atoms with Crippen molar-refractivity contribution in [3.05, 3.63) is 11.6 Å². The zero-order chi connectivity index (χ0) is 25.1.